The number of sulfonamides is 1. The summed E-state index contributed by atoms with van der Waals surface area (Å²) in [6.45, 7) is 10.2. The second-order valence-corrected chi connectivity index (χ2v) is 9.00. The van der Waals surface area contributed by atoms with Gasteiger partial charge in [-0.2, -0.15) is 0 Å². The molecule has 24 heavy (non-hydrogen) atoms. The quantitative estimate of drug-likeness (QED) is 0.699. The first-order valence-corrected chi connectivity index (χ1v) is 9.76. The lowest BCUT2D eigenvalue weighted by Gasteiger charge is -2.22. The zero-order valence-electron chi connectivity index (χ0n) is 15.3. The molecule has 0 saturated carbocycles. The number of nitrogens with one attached hydrogen (secondary N) is 1. The van der Waals surface area contributed by atoms with Crippen LogP contribution in [0.3, 0.4) is 0 Å². The molecule has 0 heterocycles. The molecule has 0 aliphatic heterocycles. The molecule has 0 amide bonds. The van der Waals surface area contributed by atoms with Crippen LogP contribution in [0.5, 0.6) is 0 Å². The summed E-state index contributed by atoms with van der Waals surface area (Å²) in [5.41, 5.74) is 2.59. The van der Waals surface area contributed by atoms with Crippen molar-refractivity contribution in [1.29, 1.82) is 0 Å². The van der Waals surface area contributed by atoms with Crippen molar-refractivity contribution in [1.82, 2.24) is 4.72 Å². The molecule has 0 aliphatic rings. The molecule has 0 aromatic heterocycles. The highest BCUT2D eigenvalue weighted by atomic mass is 32.2. The fraction of sp³-hybridized carbons (Fsp3) is 0.611. The highest BCUT2D eigenvalue weighted by molar-refractivity contribution is 7.89. The SMILES string of the molecule is Cc1cc(C(C)(C)C)cc(S(=O)(=O)NCCCCCC(=O)O)c1C. The topological polar surface area (TPSA) is 83.5 Å². The van der Waals surface area contributed by atoms with Gasteiger partial charge in [0.2, 0.25) is 10.0 Å². The molecule has 0 fully saturated rings. The van der Waals surface area contributed by atoms with Gasteiger partial charge in [0.1, 0.15) is 0 Å². The summed E-state index contributed by atoms with van der Waals surface area (Å²) in [5.74, 6) is -0.819. The molecule has 5 nitrogen and oxygen atoms in total. The number of carbonyl (C=O) groups is 1. The van der Waals surface area contributed by atoms with Crippen LogP contribution in [0, 0.1) is 13.8 Å². The molecule has 0 atom stereocenters. The average Bonchev–Trinajstić information content (AvgIpc) is 2.43. The van der Waals surface area contributed by atoms with Gasteiger partial charge in [-0.05, 0) is 54.9 Å². The predicted molar refractivity (Wildman–Crippen MR) is 95.9 cm³/mol. The number of carboxylic acids is 1. The van der Waals surface area contributed by atoms with Crippen molar-refractivity contribution in [2.75, 3.05) is 6.54 Å². The first-order valence-electron chi connectivity index (χ1n) is 8.28. The minimum Gasteiger partial charge on any atom is -0.481 e. The minimum atomic E-state index is -3.57. The molecular weight excluding hydrogens is 326 g/mol. The number of hydrogen-bond donors (Lipinski definition) is 2. The Morgan fingerprint density at radius 2 is 1.75 bits per heavy atom. The van der Waals surface area contributed by atoms with Crippen LogP contribution in [0.1, 0.15) is 63.1 Å². The summed E-state index contributed by atoms with van der Waals surface area (Å²) in [6, 6.07) is 3.80. The lowest BCUT2D eigenvalue weighted by atomic mass is 9.85. The highest BCUT2D eigenvalue weighted by Gasteiger charge is 2.22. The molecule has 0 saturated heterocycles. The second-order valence-electron chi connectivity index (χ2n) is 7.27. The Kier molecular flexibility index (Phi) is 6.98. The zero-order valence-corrected chi connectivity index (χ0v) is 16.1. The van der Waals surface area contributed by atoms with E-state index in [9.17, 15) is 13.2 Å². The van der Waals surface area contributed by atoms with Gasteiger partial charge in [0, 0.05) is 13.0 Å². The Labute approximate surface area is 145 Å². The average molecular weight is 356 g/mol. The summed E-state index contributed by atoms with van der Waals surface area (Å²) in [6.07, 6.45) is 2.01. The lowest BCUT2D eigenvalue weighted by molar-refractivity contribution is -0.137. The first kappa shape index (κ1) is 20.6. The first-order chi connectivity index (χ1) is 10.9. The molecule has 0 aliphatic carbocycles. The van der Waals surface area contributed by atoms with Crippen LogP contribution in [0.4, 0.5) is 0 Å². The highest BCUT2D eigenvalue weighted by Crippen LogP contribution is 2.29. The summed E-state index contributed by atoms with van der Waals surface area (Å²) in [7, 11) is -3.57. The van der Waals surface area contributed by atoms with Gasteiger partial charge < -0.3 is 5.11 Å². The normalized spacial score (nSPS) is 12.4. The van der Waals surface area contributed by atoms with Crippen molar-refractivity contribution in [2.45, 2.75) is 70.6 Å². The third-order valence-electron chi connectivity index (χ3n) is 4.13. The van der Waals surface area contributed by atoms with Crippen LogP contribution in [-0.2, 0) is 20.2 Å². The Morgan fingerprint density at radius 3 is 2.29 bits per heavy atom. The van der Waals surface area contributed by atoms with E-state index in [-0.39, 0.29) is 11.8 Å². The van der Waals surface area contributed by atoms with Crippen molar-refractivity contribution >= 4 is 16.0 Å². The third kappa shape index (κ3) is 5.91. The van der Waals surface area contributed by atoms with Crippen molar-refractivity contribution < 1.29 is 18.3 Å². The molecule has 0 bridgehead atoms. The van der Waals surface area contributed by atoms with Gasteiger partial charge >= 0.3 is 5.97 Å². The van der Waals surface area contributed by atoms with E-state index in [0.717, 1.165) is 16.7 Å². The minimum absolute atomic E-state index is 0.124. The molecule has 1 aromatic carbocycles. The van der Waals surface area contributed by atoms with Crippen molar-refractivity contribution in [3.8, 4) is 0 Å². The van der Waals surface area contributed by atoms with Crippen LogP contribution in [-0.4, -0.2) is 26.0 Å². The number of hydrogen-bond acceptors (Lipinski definition) is 3. The number of aryl methyl sites for hydroxylation is 1. The maximum atomic E-state index is 12.6. The van der Waals surface area contributed by atoms with Gasteiger partial charge in [-0.25, -0.2) is 13.1 Å². The molecule has 0 unspecified atom stereocenters. The molecule has 0 spiro atoms. The van der Waals surface area contributed by atoms with Crippen molar-refractivity contribution in [3.05, 3.63) is 28.8 Å². The second kappa shape index (κ2) is 8.12. The van der Waals surface area contributed by atoms with E-state index in [0.29, 0.717) is 30.7 Å². The fourth-order valence-corrected chi connectivity index (χ4v) is 3.82. The lowest BCUT2D eigenvalue weighted by Crippen LogP contribution is -2.26. The van der Waals surface area contributed by atoms with E-state index >= 15 is 0 Å². The van der Waals surface area contributed by atoms with Crippen LogP contribution >= 0.6 is 0 Å². The maximum absolute atomic E-state index is 12.6. The monoisotopic (exact) mass is 355 g/mol. The van der Waals surface area contributed by atoms with Gasteiger partial charge in [-0.1, -0.05) is 33.3 Å². The van der Waals surface area contributed by atoms with Crippen LogP contribution < -0.4 is 4.72 Å². The standard InChI is InChI=1S/C18H29NO4S/c1-13-11-15(18(3,4)5)12-16(14(13)2)24(22,23)19-10-8-6-7-9-17(20)21/h11-12,19H,6-10H2,1-5H3,(H,20,21). The van der Waals surface area contributed by atoms with Crippen LogP contribution in [0.15, 0.2) is 17.0 Å². The van der Waals surface area contributed by atoms with Crippen LogP contribution in [0.25, 0.3) is 0 Å². The van der Waals surface area contributed by atoms with Crippen molar-refractivity contribution in [3.63, 3.8) is 0 Å². The smallest absolute Gasteiger partial charge is 0.303 e. The molecule has 1 aromatic rings. The van der Waals surface area contributed by atoms with Gasteiger partial charge in [-0.3, -0.25) is 4.79 Å². The Balaban J connectivity index is 2.83. The summed E-state index contributed by atoms with van der Waals surface area (Å²) >= 11 is 0. The summed E-state index contributed by atoms with van der Waals surface area (Å²) in [4.78, 5) is 10.8. The van der Waals surface area contributed by atoms with E-state index in [2.05, 4.69) is 25.5 Å². The third-order valence-corrected chi connectivity index (χ3v) is 5.72. The van der Waals surface area contributed by atoms with E-state index in [4.69, 9.17) is 5.11 Å². The van der Waals surface area contributed by atoms with E-state index in [1.807, 2.05) is 19.9 Å². The molecule has 0 radical (unpaired) electrons. The Bertz CT molecular complexity index is 688. The van der Waals surface area contributed by atoms with E-state index in [1.165, 1.54) is 0 Å². The zero-order chi connectivity index (χ0) is 18.5. The fourth-order valence-electron chi connectivity index (χ4n) is 2.40. The van der Waals surface area contributed by atoms with Gasteiger partial charge in [0.25, 0.3) is 0 Å². The molecule has 1 rings (SSSR count). The number of carboxylic acid groups (broad SMARTS) is 1. The Morgan fingerprint density at radius 1 is 1.12 bits per heavy atom. The number of aliphatic carboxylic acids is 1. The maximum Gasteiger partial charge on any atom is 0.303 e. The predicted octanol–water partition coefficient (Wildman–Crippen LogP) is 3.52. The molecule has 6 heteroatoms. The number of unbranched alkanes of at least 4 members (excludes halogenated alkanes) is 2. The molecular formula is C18H29NO4S. The van der Waals surface area contributed by atoms with Crippen LogP contribution in [0.2, 0.25) is 0 Å². The number of benzene rings is 1. The number of rotatable bonds is 8. The largest absolute Gasteiger partial charge is 0.481 e. The molecule has 136 valence electrons. The summed E-state index contributed by atoms with van der Waals surface area (Å²) < 4.78 is 27.9. The van der Waals surface area contributed by atoms with E-state index in [1.54, 1.807) is 6.07 Å². The van der Waals surface area contributed by atoms with Gasteiger partial charge in [0.05, 0.1) is 4.90 Å². The van der Waals surface area contributed by atoms with Crippen molar-refractivity contribution in [2.24, 2.45) is 0 Å². The Hall–Kier alpha value is -1.40. The molecule has 2 N–H and O–H groups in total. The summed E-state index contributed by atoms with van der Waals surface area (Å²) in [5, 5.41) is 8.58. The van der Waals surface area contributed by atoms with Gasteiger partial charge in [0.15, 0.2) is 0 Å². The van der Waals surface area contributed by atoms with Gasteiger partial charge in [-0.15, -0.1) is 0 Å². The van der Waals surface area contributed by atoms with E-state index < -0.39 is 16.0 Å².